The van der Waals surface area contributed by atoms with Gasteiger partial charge in [-0.05, 0) is 48.4 Å². The van der Waals surface area contributed by atoms with Crippen LogP contribution in [0.2, 0.25) is 0 Å². The number of fused-ring (bicyclic) bond motifs is 2. The van der Waals surface area contributed by atoms with Gasteiger partial charge in [0.2, 0.25) is 5.76 Å². The summed E-state index contributed by atoms with van der Waals surface area (Å²) in [6.07, 6.45) is 0.522. The van der Waals surface area contributed by atoms with Crippen LogP contribution in [0.25, 0.3) is 11.0 Å². The van der Waals surface area contributed by atoms with Crippen LogP contribution in [0, 0.1) is 5.82 Å². The third-order valence-electron chi connectivity index (χ3n) is 5.93. The van der Waals surface area contributed by atoms with Gasteiger partial charge in [0, 0.05) is 16.6 Å². The number of benzene rings is 3. The van der Waals surface area contributed by atoms with Crippen LogP contribution in [0.4, 0.5) is 4.39 Å². The fraction of sp³-hybridized carbons (Fsp3) is 0.154. The van der Waals surface area contributed by atoms with E-state index in [1.165, 1.54) is 11.0 Å². The lowest BCUT2D eigenvalue weighted by atomic mass is 9.98. The second kappa shape index (κ2) is 8.48. The molecule has 4 aromatic rings. The smallest absolute Gasteiger partial charge is 0.290 e. The fourth-order valence-corrected chi connectivity index (χ4v) is 4.65. The molecule has 1 aromatic heterocycles. The Morgan fingerprint density at radius 2 is 1.82 bits per heavy atom. The average Bonchev–Trinajstić information content (AvgIpc) is 3.10. The highest BCUT2D eigenvalue weighted by Gasteiger charge is 2.43. The van der Waals surface area contributed by atoms with E-state index in [1.54, 1.807) is 43.5 Å². The predicted octanol–water partition coefficient (Wildman–Crippen LogP) is 5.49. The molecule has 7 heteroatoms. The summed E-state index contributed by atoms with van der Waals surface area (Å²) in [6, 6.07) is 17.9. The Kier molecular flexibility index (Phi) is 5.50. The highest BCUT2D eigenvalue weighted by molar-refractivity contribution is 9.10. The number of amides is 1. The van der Waals surface area contributed by atoms with Gasteiger partial charge < -0.3 is 14.1 Å². The highest BCUT2D eigenvalue weighted by atomic mass is 79.9. The summed E-state index contributed by atoms with van der Waals surface area (Å²) in [5, 5.41) is 0.342. The first kappa shape index (κ1) is 21.4. The molecule has 1 aliphatic rings. The van der Waals surface area contributed by atoms with Crippen LogP contribution in [0.15, 0.2) is 80.4 Å². The van der Waals surface area contributed by atoms with Gasteiger partial charge in [0.25, 0.3) is 5.91 Å². The van der Waals surface area contributed by atoms with Crippen LogP contribution in [0.3, 0.4) is 0 Å². The van der Waals surface area contributed by atoms with Crippen LogP contribution in [0.5, 0.6) is 5.75 Å². The number of rotatable bonds is 5. The molecule has 0 N–H and O–H groups in total. The standard InChI is InChI=1S/C26H19BrFNO4/c1-32-17-9-6-15(7-10-17)12-13-29-23(18-4-2-3-5-20(18)28)22-24(30)19-14-16(27)8-11-21(19)33-25(22)26(29)31/h2-11,14,23H,12-13H2,1H3. The number of ether oxygens (including phenoxy) is 1. The van der Waals surface area contributed by atoms with E-state index in [-0.39, 0.29) is 28.9 Å². The van der Waals surface area contributed by atoms with Gasteiger partial charge in [-0.3, -0.25) is 9.59 Å². The van der Waals surface area contributed by atoms with Crippen LogP contribution in [-0.2, 0) is 6.42 Å². The van der Waals surface area contributed by atoms with E-state index >= 15 is 0 Å². The molecule has 0 saturated carbocycles. The molecule has 5 rings (SSSR count). The lowest BCUT2D eigenvalue weighted by Crippen LogP contribution is -2.32. The maximum Gasteiger partial charge on any atom is 0.290 e. The van der Waals surface area contributed by atoms with Gasteiger partial charge in [0.05, 0.1) is 24.1 Å². The fourth-order valence-electron chi connectivity index (χ4n) is 4.29. The predicted molar refractivity (Wildman–Crippen MR) is 126 cm³/mol. The number of hydrogen-bond donors (Lipinski definition) is 0. The van der Waals surface area contributed by atoms with Crippen molar-refractivity contribution in [3.8, 4) is 5.75 Å². The minimum absolute atomic E-state index is 0.0298. The number of hydrogen-bond acceptors (Lipinski definition) is 4. The summed E-state index contributed by atoms with van der Waals surface area (Å²) in [5.74, 6) is -0.196. The molecule has 0 bridgehead atoms. The first-order chi connectivity index (χ1) is 16.0. The zero-order chi connectivity index (χ0) is 23.1. The number of methoxy groups -OCH3 is 1. The minimum atomic E-state index is -0.869. The van der Waals surface area contributed by atoms with Gasteiger partial charge in [-0.15, -0.1) is 0 Å². The molecule has 166 valence electrons. The van der Waals surface area contributed by atoms with Crippen molar-refractivity contribution >= 4 is 32.8 Å². The maximum atomic E-state index is 14.9. The Balaban J connectivity index is 1.62. The van der Waals surface area contributed by atoms with Crippen molar-refractivity contribution in [2.24, 2.45) is 0 Å². The number of halogens is 2. The first-order valence-electron chi connectivity index (χ1n) is 10.4. The summed E-state index contributed by atoms with van der Waals surface area (Å²) >= 11 is 3.38. The van der Waals surface area contributed by atoms with Crippen molar-refractivity contribution in [3.63, 3.8) is 0 Å². The highest BCUT2D eigenvalue weighted by Crippen LogP contribution is 2.39. The lowest BCUT2D eigenvalue weighted by Gasteiger charge is -2.25. The molecular formula is C26H19BrFNO4. The zero-order valence-corrected chi connectivity index (χ0v) is 19.3. The van der Waals surface area contributed by atoms with Gasteiger partial charge in [-0.1, -0.05) is 46.3 Å². The third-order valence-corrected chi connectivity index (χ3v) is 6.42. The van der Waals surface area contributed by atoms with Gasteiger partial charge in [0.15, 0.2) is 5.43 Å². The van der Waals surface area contributed by atoms with Crippen molar-refractivity contribution < 1.29 is 18.3 Å². The Bertz CT molecular complexity index is 1430. The Morgan fingerprint density at radius 3 is 2.55 bits per heavy atom. The Hall–Kier alpha value is -3.45. The van der Waals surface area contributed by atoms with Gasteiger partial charge in [0.1, 0.15) is 17.1 Å². The topological polar surface area (TPSA) is 59.8 Å². The second-order valence-corrected chi connectivity index (χ2v) is 8.75. The van der Waals surface area contributed by atoms with Crippen molar-refractivity contribution in [1.29, 1.82) is 0 Å². The van der Waals surface area contributed by atoms with E-state index in [9.17, 15) is 14.0 Å². The van der Waals surface area contributed by atoms with E-state index in [2.05, 4.69) is 15.9 Å². The Labute approximate surface area is 197 Å². The molecule has 0 fully saturated rings. The Morgan fingerprint density at radius 1 is 1.06 bits per heavy atom. The average molecular weight is 508 g/mol. The number of nitrogens with zero attached hydrogens (tertiary/aromatic N) is 1. The van der Waals surface area contributed by atoms with Gasteiger partial charge >= 0.3 is 0 Å². The lowest BCUT2D eigenvalue weighted by molar-refractivity contribution is 0.0728. The van der Waals surface area contributed by atoms with E-state index in [0.29, 0.717) is 21.9 Å². The quantitative estimate of drug-likeness (QED) is 0.358. The molecule has 1 atom stereocenters. The number of carbonyl (C=O) groups is 1. The van der Waals surface area contributed by atoms with Crippen LogP contribution < -0.4 is 10.2 Å². The zero-order valence-electron chi connectivity index (χ0n) is 17.7. The second-order valence-electron chi connectivity index (χ2n) is 7.84. The molecule has 33 heavy (non-hydrogen) atoms. The first-order valence-corrected chi connectivity index (χ1v) is 11.2. The molecule has 1 aliphatic heterocycles. The third kappa shape index (κ3) is 3.72. The van der Waals surface area contributed by atoms with E-state index in [4.69, 9.17) is 9.15 Å². The molecule has 1 amide bonds. The summed E-state index contributed by atoms with van der Waals surface area (Å²) < 4.78 is 26.7. The summed E-state index contributed by atoms with van der Waals surface area (Å²) in [5.41, 5.74) is 1.41. The monoisotopic (exact) mass is 507 g/mol. The van der Waals surface area contributed by atoms with Gasteiger partial charge in [-0.25, -0.2) is 4.39 Å². The normalized spacial score (nSPS) is 15.2. The van der Waals surface area contributed by atoms with Crippen LogP contribution >= 0.6 is 15.9 Å². The van der Waals surface area contributed by atoms with Crippen LogP contribution in [-0.4, -0.2) is 24.5 Å². The molecule has 0 saturated heterocycles. The molecular weight excluding hydrogens is 489 g/mol. The van der Waals surface area contributed by atoms with E-state index in [0.717, 1.165) is 11.3 Å². The van der Waals surface area contributed by atoms with E-state index < -0.39 is 17.8 Å². The summed E-state index contributed by atoms with van der Waals surface area (Å²) in [4.78, 5) is 28.4. The molecule has 0 radical (unpaired) electrons. The summed E-state index contributed by atoms with van der Waals surface area (Å²) in [7, 11) is 1.60. The van der Waals surface area contributed by atoms with E-state index in [1.807, 2.05) is 24.3 Å². The SMILES string of the molecule is COc1ccc(CCN2C(=O)c3oc4ccc(Br)cc4c(=O)c3C2c2ccccc2F)cc1. The van der Waals surface area contributed by atoms with Crippen LogP contribution in [0.1, 0.15) is 33.3 Å². The number of carbonyl (C=O) groups excluding carboxylic acids is 1. The van der Waals surface area contributed by atoms with Crippen molar-refractivity contribution in [1.82, 2.24) is 4.90 Å². The molecule has 0 spiro atoms. The largest absolute Gasteiger partial charge is 0.497 e. The molecule has 3 aromatic carbocycles. The minimum Gasteiger partial charge on any atom is -0.497 e. The van der Waals surface area contributed by atoms with Crippen molar-refractivity contribution in [3.05, 3.63) is 110 Å². The maximum absolute atomic E-state index is 14.9. The van der Waals surface area contributed by atoms with Gasteiger partial charge in [-0.2, -0.15) is 0 Å². The molecule has 5 nitrogen and oxygen atoms in total. The molecule has 1 unspecified atom stereocenters. The molecule has 0 aliphatic carbocycles. The van der Waals surface area contributed by atoms with Crippen molar-refractivity contribution in [2.45, 2.75) is 12.5 Å². The summed E-state index contributed by atoms with van der Waals surface area (Å²) in [6.45, 7) is 0.286. The van der Waals surface area contributed by atoms with Crippen molar-refractivity contribution in [2.75, 3.05) is 13.7 Å². The molecule has 2 heterocycles.